The van der Waals surface area contributed by atoms with Gasteiger partial charge < -0.3 is 10.2 Å². The summed E-state index contributed by atoms with van der Waals surface area (Å²) < 4.78 is 27.4. The fourth-order valence-corrected chi connectivity index (χ4v) is 11.4. The maximum atomic E-state index is 13.7. The molecule has 0 bridgehead atoms. The van der Waals surface area contributed by atoms with Crippen LogP contribution in [0, 0.1) is 35.0 Å². The van der Waals surface area contributed by atoms with Crippen LogP contribution in [0.1, 0.15) is 111 Å². The normalized spacial score (nSPS) is 37.8. The van der Waals surface area contributed by atoms with Crippen LogP contribution < -0.4 is 0 Å². The zero-order chi connectivity index (χ0) is 27.8. The lowest BCUT2D eigenvalue weighted by Gasteiger charge is -2.54. The molecule has 0 aliphatic heterocycles. The van der Waals surface area contributed by atoms with E-state index in [0.717, 1.165) is 62.7 Å². The van der Waals surface area contributed by atoms with Crippen molar-refractivity contribution in [3.05, 3.63) is 42.0 Å². The quantitative estimate of drug-likeness (QED) is 0.293. The molecule has 0 aromatic heterocycles. The Morgan fingerprint density at radius 2 is 1.77 bits per heavy atom. The highest BCUT2D eigenvalue weighted by Crippen LogP contribution is 2.64. The summed E-state index contributed by atoms with van der Waals surface area (Å²) in [5, 5.41) is 21.1. The zero-order valence-corrected chi connectivity index (χ0v) is 25.3. The Morgan fingerprint density at radius 3 is 2.49 bits per heavy atom. The van der Waals surface area contributed by atoms with Crippen LogP contribution in [-0.2, 0) is 9.84 Å². The molecule has 4 aliphatic rings. The first-order valence-corrected chi connectivity index (χ1v) is 17.5. The Morgan fingerprint density at radius 1 is 1.00 bits per heavy atom. The van der Waals surface area contributed by atoms with Gasteiger partial charge in [-0.05, 0) is 131 Å². The van der Waals surface area contributed by atoms with Gasteiger partial charge in [0.1, 0.15) is 0 Å². The summed E-state index contributed by atoms with van der Waals surface area (Å²) >= 11 is 0. The van der Waals surface area contributed by atoms with Crippen LogP contribution in [-0.4, -0.2) is 35.6 Å². The highest BCUT2D eigenvalue weighted by Gasteiger charge is 2.56. The van der Waals surface area contributed by atoms with Gasteiger partial charge in [0.2, 0.25) is 0 Å². The monoisotopic (exact) mass is 556 g/mol. The van der Waals surface area contributed by atoms with E-state index >= 15 is 0 Å². The van der Waals surface area contributed by atoms with E-state index in [4.69, 9.17) is 0 Å². The molecule has 2 N–H and O–H groups in total. The van der Waals surface area contributed by atoms with Gasteiger partial charge in [0.25, 0.3) is 0 Å². The molecule has 9 atom stereocenters. The van der Waals surface area contributed by atoms with Crippen LogP contribution in [0.4, 0.5) is 0 Å². The molecule has 8 unspecified atom stereocenters. The first-order chi connectivity index (χ1) is 18.6. The Hall–Kier alpha value is -1.17. The predicted octanol–water partition coefficient (Wildman–Crippen LogP) is 7.49. The molecular weight excluding hydrogens is 504 g/mol. The number of hydrogen-bond donors (Lipinski definition) is 2. The van der Waals surface area contributed by atoms with Crippen molar-refractivity contribution in [3.63, 3.8) is 0 Å². The van der Waals surface area contributed by atoms with Gasteiger partial charge in [-0.3, -0.25) is 0 Å². The summed E-state index contributed by atoms with van der Waals surface area (Å²) in [6.07, 6.45) is 15.4. The Bertz CT molecular complexity index is 1110. The van der Waals surface area contributed by atoms with Crippen LogP contribution in [0.5, 0.6) is 0 Å². The molecule has 3 fully saturated rings. The molecule has 39 heavy (non-hydrogen) atoms. The lowest BCUT2D eigenvalue weighted by molar-refractivity contribution is -0.0407. The van der Waals surface area contributed by atoms with Gasteiger partial charge in [-0.15, -0.1) is 0 Å². The number of benzene rings is 1. The third-order valence-corrected chi connectivity index (χ3v) is 14.2. The largest absolute Gasteiger partial charge is 0.393 e. The molecular formula is C34H52O4S. The van der Waals surface area contributed by atoms with Crippen molar-refractivity contribution in [2.75, 3.05) is 0 Å². The van der Waals surface area contributed by atoms with Crippen molar-refractivity contribution in [2.24, 2.45) is 35.0 Å². The minimum atomic E-state index is -3.49. The van der Waals surface area contributed by atoms with Gasteiger partial charge in [-0.2, -0.15) is 0 Å². The van der Waals surface area contributed by atoms with E-state index in [0.29, 0.717) is 36.0 Å². The molecule has 5 heteroatoms. The Balaban J connectivity index is 1.29. The fraction of sp³-hybridized carbons (Fsp3) is 0.765. The summed E-state index contributed by atoms with van der Waals surface area (Å²) in [4.78, 5) is 0.391. The zero-order valence-electron chi connectivity index (χ0n) is 24.5. The van der Waals surface area contributed by atoms with Crippen LogP contribution in [0.3, 0.4) is 0 Å². The predicted molar refractivity (Wildman–Crippen MR) is 158 cm³/mol. The molecule has 0 spiro atoms. The van der Waals surface area contributed by atoms with Gasteiger partial charge >= 0.3 is 0 Å². The van der Waals surface area contributed by atoms with Gasteiger partial charge in [0.15, 0.2) is 9.84 Å². The third kappa shape index (κ3) is 5.66. The van der Waals surface area contributed by atoms with Crippen molar-refractivity contribution in [1.29, 1.82) is 0 Å². The number of aliphatic hydroxyl groups excluding tert-OH is 1. The maximum Gasteiger partial charge on any atom is 0.181 e. The second-order valence-electron chi connectivity index (χ2n) is 13.9. The maximum absolute atomic E-state index is 13.7. The molecule has 4 aliphatic carbocycles. The van der Waals surface area contributed by atoms with E-state index in [-0.39, 0.29) is 5.41 Å². The van der Waals surface area contributed by atoms with E-state index in [1.54, 1.807) is 29.8 Å². The second-order valence-corrected chi connectivity index (χ2v) is 16.1. The van der Waals surface area contributed by atoms with Gasteiger partial charge in [0.05, 0.1) is 21.9 Å². The molecule has 218 valence electrons. The molecule has 1 aromatic rings. The molecule has 1 aromatic carbocycles. The van der Waals surface area contributed by atoms with E-state index in [1.165, 1.54) is 25.7 Å². The number of rotatable bonds is 10. The molecule has 0 saturated heterocycles. The highest BCUT2D eigenvalue weighted by atomic mass is 32.2. The minimum Gasteiger partial charge on any atom is -0.393 e. The molecule has 5 rings (SSSR count). The van der Waals surface area contributed by atoms with Crippen LogP contribution in [0.25, 0.3) is 0 Å². The highest BCUT2D eigenvalue weighted by molar-refractivity contribution is 7.92. The minimum absolute atomic E-state index is 0.286. The van der Waals surface area contributed by atoms with Crippen LogP contribution in [0.2, 0.25) is 0 Å². The van der Waals surface area contributed by atoms with E-state index in [1.807, 2.05) is 13.0 Å². The van der Waals surface area contributed by atoms with Gasteiger partial charge in [-0.25, -0.2) is 8.42 Å². The molecule has 0 amide bonds. The van der Waals surface area contributed by atoms with Crippen molar-refractivity contribution in [3.8, 4) is 0 Å². The Labute approximate surface area is 237 Å². The van der Waals surface area contributed by atoms with Crippen LogP contribution in [0.15, 0.2) is 46.9 Å². The first kappa shape index (κ1) is 29.3. The number of fused-ring (bicyclic) bond motifs is 5. The first-order valence-electron chi connectivity index (χ1n) is 16.0. The SMILES string of the molecule is CCCC(O)CC(CCC1CCC2C3CC=C4C[C@](O)(CC)CCC4C3CCC12C)S(=O)(=O)c1ccccc1. The summed E-state index contributed by atoms with van der Waals surface area (Å²) in [5.41, 5.74) is 1.34. The molecule has 0 heterocycles. The number of allylic oxidation sites excluding steroid dienone is 1. The van der Waals surface area contributed by atoms with Gasteiger partial charge in [-0.1, -0.05) is 57.0 Å². The average Bonchev–Trinajstić information content (AvgIpc) is 3.27. The lowest BCUT2D eigenvalue weighted by Crippen LogP contribution is -2.47. The van der Waals surface area contributed by atoms with Crippen molar-refractivity contribution in [1.82, 2.24) is 0 Å². The summed E-state index contributed by atoms with van der Waals surface area (Å²) in [7, 11) is -3.49. The summed E-state index contributed by atoms with van der Waals surface area (Å²) in [6.45, 7) is 6.69. The van der Waals surface area contributed by atoms with E-state index < -0.39 is 26.8 Å². The number of hydrogen-bond acceptors (Lipinski definition) is 4. The molecule has 0 radical (unpaired) electrons. The number of sulfone groups is 1. The standard InChI is InChI=1S/C34H52O4S/c1-4-9-26(35)22-28(39(37,38)27-10-7-6-8-11-27)15-13-25-14-17-32-31-16-12-24-23-34(36,5-2)21-19-29(24)30(31)18-20-33(25,32)3/h6-8,10-12,25-26,28-32,35-36H,4-5,9,13-23H2,1-3H3/t25?,26?,28?,29?,30?,31?,32?,33?,34-/m0/s1. The smallest absolute Gasteiger partial charge is 0.181 e. The topological polar surface area (TPSA) is 74.6 Å². The van der Waals surface area contributed by atoms with Crippen molar-refractivity contribution in [2.45, 2.75) is 133 Å². The summed E-state index contributed by atoms with van der Waals surface area (Å²) in [6, 6.07) is 8.87. The Kier molecular flexibility index (Phi) is 8.73. The lowest BCUT2D eigenvalue weighted by atomic mass is 9.51. The second kappa shape index (κ2) is 11.6. The van der Waals surface area contributed by atoms with Crippen molar-refractivity contribution >= 4 is 9.84 Å². The van der Waals surface area contributed by atoms with E-state index in [9.17, 15) is 18.6 Å². The molecule has 3 saturated carbocycles. The van der Waals surface area contributed by atoms with Gasteiger partial charge in [0, 0.05) is 0 Å². The van der Waals surface area contributed by atoms with E-state index in [2.05, 4.69) is 19.9 Å². The summed E-state index contributed by atoms with van der Waals surface area (Å²) in [5.74, 6) is 3.45. The average molecular weight is 557 g/mol. The fourth-order valence-electron chi connectivity index (χ4n) is 9.59. The number of aliphatic hydroxyl groups is 2. The third-order valence-electron chi connectivity index (χ3n) is 12.0. The molecule has 4 nitrogen and oxygen atoms in total. The van der Waals surface area contributed by atoms with Crippen molar-refractivity contribution < 1.29 is 18.6 Å². The van der Waals surface area contributed by atoms with Crippen LogP contribution >= 0.6 is 0 Å².